The van der Waals surface area contributed by atoms with Gasteiger partial charge in [-0.3, -0.25) is 18.7 Å². The van der Waals surface area contributed by atoms with Crippen LogP contribution in [0.5, 0.6) is 5.75 Å². The second-order valence-electron chi connectivity index (χ2n) is 6.88. The highest BCUT2D eigenvalue weighted by atomic mass is 16.5. The second-order valence-corrected chi connectivity index (χ2v) is 6.88. The van der Waals surface area contributed by atoms with Crippen LogP contribution in [-0.2, 0) is 20.1 Å². The van der Waals surface area contributed by atoms with Gasteiger partial charge in [0.25, 0.3) is 5.56 Å². The Morgan fingerprint density at radius 1 is 1.04 bits per heavy atom. The van der Waals surface area contributed by atoms with Gasteiger partial charge >= 0.3 is 0 Å². The van der Waals surface area contributed by atoms with Crippen LogP contribution in [-0.4, -0.2) is 37.7 Å². The molecule has 28 heavy (non-hydrogen) atoms. The summed E-state index contributed by atoms with van der Waals surface area (Å²) >= 11 is 0. The van der Waals surface area contributed by atoms with Crippen LogP contribution in [0.15, 0.2) is 53.3 Å². The van der Waals surface area contributed by atoms with Crippen molar-refractivity contribution in [1.82, 2.24) is 24.1 Å². The smallest absolute Gasteiger partial charge is 0.262 e. The van der Waals surface area contributed by atoms with E-state index in [0.29, 0.717) is 24.3 Å². The number of aromatic nitrogens is 4. The van der Waals surface area contributed by atoms with Crippen molar-refractivity contribution >= 4 is 16.7 Å². The summed E-state index contributed by atoms with van der Waals surface area (Å²) in [4.78, 5) is 14.7. The van der Waals surface area contributed by atoms with Crippen molar-refractivity contribution in [3.8, 4) is 5.75 Å². The summed E-state index contributed by atoms with van der Waals surface area (Å²) in [6, 6.07) is 15.7. The molecule has 0 aliphatic carbocycles. The molecule has 0 spiro atoms. The fourth-order valence-electron chi connectivity index (χ4n) is 3.46. The van der Waals surface area contributed by atoms with Crippen molar-refractivity contribution in [2.75, 3.05) is 13.7 Å². The van der Waals surface area contributed by atoms with E-state index in [1.54, 1.807) is 11.6 Å². The molecule has 7 heteroatoms. The van der Waals surface area contributed by atoms with Gasteiger partial charge in [0.05, 0.1) is 24.1 Å². The normalized spacial score (nSPS) is 11.6. The Hall–Kier alpha value is -3.19. The van der Waals surface area contributed by atoms with E-state index in [1.807, 2.05) is 54.8 Å². The highest BCUT2D eigenvalue weighted by Crippen LogP contribution is 2.17. The maximum atomic E-state index is 12.6. The van der Waals surface area contributed by atoms with Gasteiger partial charge in [-0.1, -0.05) is 24.3 Å². The number of benzene rings is 2. The molecular formula is C21H23N5O2. The highest BCUT2D eigenvalue weighted by molar-refractivity contribution is 5.80. The zero-order valence-electron chi connectivity index (χ0n) is 16.3. The summed E-state index contributed by atoms with van der Waals surface area (Å²) in [5.74, 6) is 2.23. The standard InChI is InChI=1S/C21H23N5O2/c1-4-28-16-11-9-15(10-12-16)13-24(2)14-19-22-23-21-25(3)20(27)17-7-5-6-8-18(17)26(19)21/h5-12H,4,13-14H2,1-3H3. The van der Waals surface area contributed by atoms with Gasteiger partial charge in [-0.05, 0) is 43.8 Å². The van der Waals surface area contributed by atoms with Crippen LogP contribution in [0.4, 0.5) is 0 Å². The number of para-hydroxylation sites is 1. The predicted octanol–water partition coefficient (Wildman–Crippen LogP) is 2.61. The van der Waals surface area contributed by atoms with Gasteiger partial charge in [0.1, 0.15) is 5.75 Å². The van der Waals surface area contributed by atoms with E-state index in [1.165, 1.54) is 5.56 Å². The average molecular weight is 377 g/mol. The topological polar surface area (TPSA) is 64.7 Å². The highest BCUT2D eigenvalue weighted by Gasteiger charge is 2.15. The van der Waals surface area contributed by atoms with Crippen LogP contribution in [0, 0.1) is 0 Å². The molecule has 2 heterocycles. The number of ether oxygens (including phenoxy) is 1. The van der Waals surface area contributed by atoms with E-state index >= 15 is 0 Å². The number of nitrogens with zero attached hydrogens (tertiary/aromatic N) is 5. The van der Waals surface area contributed by atoms with E-state index in [9.17, 15) is 4.79 Å². The van der Waals surface area contributed by atoms with Gasteiger partial charge in [-0.15, -0.1) is 10.2 Å². The lowest BCUT2D eigenvalue weighted by molar-refractivity contribution is 0.309. The van der Waals surface area contributed by atoms with Crippen LogP contribution < -0.4 is 10.3 Å². The third-order valence-electron chi connectivity index (χ3n) is 4.79. The van der Waals surface area contributed by atoms with Crippen LogP contribution in [0.2, 0.25) is 0 Å². The van der Waals surface area contributed by atoms with Crippen molar-refractivity contribution in [1.29, 1.82) is 0 Å². The molecule has 0 saturated carbocycles. The number of hydrogen-bond donors (Lipinski definition) is 0. The van der Waals surface area contributed by atoms with Gasteiger partial charge < -0.3 is 4.74 Å². The Labute approximate surface area is 162 Å². The molecule has 4 aromatic rings. The van der Waals surface area contributed by atoms with E-state index in [0.717, 1.165) is 23.6 Å². The quantitative estimate of drug-likeness (QED) is 0.517. The van der Waals surface area contributed by atoms with Crippen LogP contribution >= 0.6 is 0 Å². The van der Waals surface area contributed by atoms with Crippen LogP contribution in [0.1, 0.15) is 18.3 Å². The van der Waals surface area contributed by atoms with E-state index in [4.69, 9.17) is 4.74 Å². The van der Waals surface area contributed by atoms with Crippen LogP contribution in [0.25, 0.3) is 16.7 Å². The lowest BCUT2D eigenvalue weighted by atomic mass is 10.2. The lowest BCUT2D eigenvalue weighted by Gasteiger charge is -2.16. The molecular weight excluding hydrogens is 354 g/mol. The van der Waals surface area contributed by atoms with Gasteiger partial charge in [-0.2, -0.15) is 0 Å². The van der Waals surface area contributed by atoms with Gasteiger partial charge in [0.2, 0.25) is 5.78 Å². The zero-order valence-corrected chi connectivity index (χ0v) is 16.3. The molecule has 0 atom stereocenters. The average Bonchev–Trinajstić information content (AvgIpc) is 3.11. The summed E-state index contributed by atoms with van der Waals surface area (Å²) in [5, 5.41) is 9.27. The molecule has 0 N–H and O–H groups in total. The van der Waals surface area contributed by atoms with Gasteiger partial charge in [0.15, 0.2) is 5.82 Å². The molecule has 0 fully saturated rings. The molecule has 2 aromatic heterocycles. The summed E-state index contributed by atoms with van der Waals surface area (Å²) in [6.07, 6.45) is 0. The number of rotatable bonds is 6. The minimum Gasteiger partial charge on any atom is -0.494 e. The van der Waals surface area contributed by atoms with E-state index in [-0.39, 0.29) is 5.56 Å². The van der Waals surface area contributed by atoms with Gasteiger partial charge in [-0.25, -0.2) is 0 Å². The maximum Gasteiger partial charge on any atom is 0.262 e. The maximum absolute atomic E-state index is 12.6. The molecule has 2 aromatic carbocycles. The Bertz CT molecular complexity index is 1180. The molecule has 144 valence electrons. The molecule has 0 aliphatic rings. The Kier molecular flexibility index (Phi) is 4.83. The fourth-order valence-corrected chi connectivity index (χ4v) is 3.46. The SMILES string of the molecule is CCOc1ccc(CN(C)Cc2nnc3n(C)c(=O)c4ccccc4n23)cc1. The molecule has 0 amide bonds. The Balaban J connectivity index is 1.64. The minimum atomic E-state index is -0.0650. The molecule has 4 rings (SSSR count). The summed E-state index contributed by atoms with van der Waals surface area (Å²) < 4.78 is 9.01. The first-order chi connectivity index (χ1) is 13.6. The van der Waals surface area contributed by atoms with Crippen LogP contribution in [0.3, 0.4) is 0 Å². The monoisotopic (exact) mass is 377 g/mol. The molecule has 0 bridgehead atoms. The summed E-state index contributed by atoms with van der Waals surface area (Å²) in [6.45, 7) is 4.02. The van der Waals surface area contributed by atoms with Crippen molar-refractivity contribution in [2.45, 2.75) is 20.0 Å². The van der Waals surface area contributed by atoms with Crippen molar-refractivity contribution in [3.05, 3.63) is 70.3 Å². The van der Waals surface area contributed by atoms with E-state index in [2.05, 4.69) is 27.2 Å². The first-order valence-electron chi connectivity index (χ1n) is 9.30. The third kappa shape index (κ3) is 3.25. The fraction of sp³-hybridized carbons (Fsp3) is 0.286. The molecule has 0 radical (unpaired) electrons. The Morgan fingerprint density at radius 3 is 2.54 bits per heavy atom. The number of aryl methyl sites for hydroxylation is 1. The largest absolute Gasteiger partial charge is 0.494 e. The lowest BCUT2D eigenvalue weighted by Crippen LogP contribution is -2.22. The molecule has 0 unspecified atom stereocenters. The van der Waals surface area contributed by atoms with Crippen molar-refractivity contribution in [3.63, 3.8) is 0 Å². The van der Waals surface area contributed by atoms with Crippen molar-refractivity contribution in [2.24, 2.45) is 7.05 Å². The van der Waals surface area contributed by atoms with Crippen molar-refractivity contribution < 1.29 is 4.74 Å². The minimum absolute atomic E-state index is 0.0650. The van der Waals surface area contributed by atoms with E-state index < -0.39 is 0 Å². The Morgan fingerprint density at radius 2 is 1.79 bits per heavy atom. The third-order valence-corrected chi connectivity index (χ3v) is 4.79. The number of hydrogen-bond acceptors (Lipinski definition) is 5. The molecule has 0 saturated heterocycles. The molecule has 7 nitrogen and oxygen atoms in total. The zero-order chi connectivity index (χ0) is 19.7. The van der Waals surface area contributed by atoms with Gasteiger partial charge in [0, 0.05) is 13.6 Å². The number of fused-ring (bicyclic) bond motifs is 3. The predicted molar refractivity (Wildman–Crippen MR) is 109 cm³/mol. The second kappa shape index (κ2) is 7.44. The summed E-state index contributed by atoms with van der Waals surface area (Å²) in [5.41, 5.74) is 1.96. The molecule has 0 aliphatic heterocycles. The summed E-state index contributed by atoms with van der Waals surface area (Å²) in [7, 11) is 3.77. The first kappa shape index (κ1) is 18.2. The first-order valence-corrected chi connectivity index (χ1v) is 9.30.